The van der Waals surface area contributed by atoms with E-state index in [9.17, 15) is 54.0 Å². The minimum absolute atomic E-state index is 0.0155. The fourth-order valence-corrected chi connectivity index (χ4v) is 12.0. The summed E-state index contributed by atoms with van der Waals surface area (Å²) in [5, 5.41) is 4.25. The molecule has 6 aromatic heterocycles. The maximum atomic E-state index is 13.2. The normalized spacial score (nSPS) is 15.8. The summed E-state index contributed by atoms with van der Waals surface area (Å²) < 4.78 is 96.7. The summed E-state index contributed by atoms with van der Waals surface area (Å²) in [6.07, 6.45) is 8.48. The van der Waals surface area contributed by atoms with Gasteiger partial charge in [-0.2, -0.15) is 46.8 Å². The quantitative estimate of drug-likeness (QED) is 0.0797. The van der Waals surface area contributed by atoms with Crippen LogP contribution < -0.4 is 19.5 Å². The van der Waals surface area contributed by atoms with Gasteiger partial charge < -0.3 is 44.2 Å². The van der Waals surface area contributed by atoms with Crippen LogP contribution in [0.2, 0.25) is 0 Å². The predicted molar refractivity (Wildman–Crippen MR) is 294 cm³/mol. The predicted octanol–water partition coefficient (Wildman–Crippen LogP) is -1.28. The minimum Gasteiger partial charge on any atom is -0.496 e. The number of aromatic amines is 2. The van der Waals surface area contributed by atoms with Crippen LogP contribution in [-0.2, 0) is 45.0 Å². The number of ketones is 3. The molecule has 0 unspecified atom stereocenters. The summed E-state index contributed by atoms with van der Waals surface area (Å²) in [7, 11) is 1.52. The van der Waals surface area contributed by atoms with Gasteiger partial charge in [-0.25, -0.2) is 18.9 Å². The van der Waals surface area contributed by atoms with Crippen molar-refractivity contribution in [3.8, 4) is 17.2 Å². The molecule has 3 amide bonds. The van der Waals surface area contributed by atoms with Gasteiger partial charge in [0.2, 0.25) is 0 Å². The fraction of sp³-hybridized carbons (Fsp3) is 0.438. The fourth-order valence-electron chi connectivity index (χ4n) is 8.89. The summed E-state index contributed by atoms with van der Waals surface area (Å²) in [4.78, 5) is 98.7. The lowest BCUT2D eigenvalue weighted by Crippen LogP contribution is -2.54. The van der Waals surface area contributed by atoms with Gasteiger partial charge in [0.25, 0.3) is 55.5 Å². The number of hydrogen-bond acceptors (Lipinski definition) is 19. The second-order valence-corrected chi connectivity index (χ2v) is 25.0. The number of Topliss-reactive ketones (excluding diaryl/α,β-unsaturated/α-hetero) is 3. The van der Waals surface area contributed by atoms with Crippen LogP contribution in [0.4, 0.5) is 0 Å². The second kappa shape index (κ2) is 25.1. The third-order valence-corrected chi connectivity index (χ3v) is 19.0. The molecule has 3 fully saturated rings. The number of H-pyrrole nitrogens is 2. The lowest BCUT2D eigenvalue weighted by molar-refractivity contribution is -0.128. The Hall–Kier alpha value is -7.50. The molecule has 33 heteroatoms. The van der Waals surface area contributed by atoms with E-state index in [0.29, 0.717) is 65.3 Å². The Balaban J connectivity index is 0.000000179. The molecule has 0 spiro atoms. The highest BCUT2D eigenvalue weighted by molar-refractivity contribution is 7.87. The third-order valence-electron chi connectivity index (χ3n) is 13.4. The molecular formula is C48H63N15O15S3. The topological polar surface area (TPSA) is 346 Å². The summed E-state index contributed by atoms with van der Waals surface area (Å²) >= 11 is 0. The number of nitrogens with one attached hydrogen (secondary N) is 3. The molecule has 0 aromatic carbocycles. The number of rotatable bonds is 15. The van der Waals surface area contributed by atoms with Crippen LogP contribution in [-0.4, -0.2) is 268 Å². The molecule has 3 N–H and O–H groups in total. The molecule has 0 radical (unpaired) electrons. The van der Waals surface area contributed by atoms with Gasteiger partial charge in [0.1, 0.15) is 28.5 Å². The number of piperazine rings is 3. The molecule has 3 saturated heterocycles. The molecule has 30 nitrogen and oxygen atoms in total. The van der Waals surface area contributed by atoms with Crippen molar-refractivity contribution >= 4 is 98.8 Å². The molecule has 0 atom stereocenters. The van der Waals surface area contributed by atoms with Crippen molar-refractivity contribution in [3.05, 3.63) is 72.1 Å². The largest absolute Gasteiger partial charge is 0.496 e. The maximum absolute atomic E-state index is 13.2. The molecule has 0 aliphatic carbocycles. The van der Waals surface area contributed by atoms with E-state index >= 15 is 0 Å². The van der Waals surface area contributed by atoms with Crippen LogP contribution in [0.3, 0.4) is 0 Å². The molecule has 0 saturated carbocycles. The Morgan fingerprint density at radius 2 is 0.815 bits per heavy atom. The number of nitrogens with zero attached hydrogens (tertiary/aromatic N) is 12. The highest BCUT2D eigenvalue weighted by Gasteiger charge is 2.37. The van der Waals surface area contributed by atoms with E-state index in [-0.39, 0.29) is 80.3 Å². The van der Waals surface area contributed by atoms with Gasteiger partial charge >= 0.3 is 10.2 Å². The first-order valence-corrected chi connectivity index (χ1v) is 29.1. The Morgan fingerprint density at radius 1 is 0.469 bits per heavy atom. The number of carbonyl (C=O) groups is 6. The van der Waals surface area contributed by atoms with Crippen molar-refractivity contribution in [1.82, 2.24) is 70.4 Å². The average molecular weight is 1190 g/mol. The highest BCUT2D eigenvalue weighted by Crippen LogP contribution is 2.32. The first-order valence-electron chi connectivity index (χ1n) is 24.9. The van der Waals surface area contributed by atoms with Crippen LogP contribution in [0.5, 0.6) is 17.2 Å². The van der Waals surface area contributed by atoms with Crippen LogP contribution in [0, 0.1) is 0 Å². The van der Waals surface area contributed by atoms with Crippen LogP contribution >= 0.6 is 0 Å². The molecule has 81 heavy (non-hydrogen) atoms. The Kier molecular flexibility index (Phi) is 18.9. The number of fused-ring (bicyclic) bond motifs is 3. The standard InChI is InChI=1S/C18H26N6O7S2.C16H21N5O5S.C14H16N4O3/c1-20(2)32(27,28)23-10-8-22(9-11-23)18(26)16(25)13-12-24(33(29,30)21(3)4)17-15(13)14(31-5)6-7-19-17;1-19(2)27(24,25)21-8-6-20(7-9-21)16(23)14(22)11-10-18-15-13(11)12(26-3)4-5-17-15;1-21-10-2-3-16-13-11(10)9(8-17-13)12(19)14(20)18-6-4-15-5-7-18/h6-7,12H,8-11H2,1-5H3;4-5,10H,6-9H2,1-3H3,(H,17,18);2-3,8,15H,4-7H2,1H3,(H,16,17). The van der Waals surface area contributed by atoms with Gasteiger partial charge in [0, 0.05) is 158 Å². The van der Waals surface area contributed by atoms with E-state index in [2.05, 4.69) is 30.2 Å². The van der Waals surface area contributed by atoms with Gasteiger partial charge in [0.15, 0.2) is 5.65 Å². The smallest absolute Gasteiger partial charge is 0.308 e. The van der Waals surface area contributed by atoms with Gasteiger partial charge in [-0.1, -0.05) is 0 Å². The van der Waals surface area contributed by atoms with Crippen molar-refractivity contribution in [2.45, 2.75) is 0 Å². The van der Waals surface area contributed by atoms with Crippen LogP contribution in [0.1, 0.15) is 31.1 Å². The van der Waals surface area contributed by atoms with E-state index in [4.69, 9.17) is 14.2 Å². The van der Waals surface area contributed by atoms with Gasteiger partial charge in [-0.05, 0) is 18.2 Å². The first-order chi connectivity index (χ1) is 38.3. The molecule has 3 aliphatic rings. The number of carbonyl (C=O) groups excluding carboxylic acids is 6. The van der Waals surface area contributed by atoms with E-state index in [0.717, 1.165) is 23.1 Å². The van der Waals surface area contributed by atoms with E-state index in [1.165, 1.54) is 113 Å². The van der Waals surface area contributed by atoms with Crippen molar-refractivity contribution in [2.24, 2.45) is 0 Å². The molecule has 3 aliphatic heterocycles. The molecule has 9 heterocycles. The van der Waals surface area contributed by atoms with Gasteiger partial charge in [0.05, 0.1) is 54.2 Å². The van der Waals surface area contributed by atoms with E-state index < -0.39 is 65.7 Å². The average Bonchev–Trinajstić information content (AvgIpc) is 3.67. The number of amides is 3. The summed E-state index contributed by atoms with van der Waals surface area (Å²) in [6, 6.07) is 4.74. The molecule has 438 valence electrons. The van der Waals surface area contributed by atoms with E-state index in [1.54, 1.807) is 23.2 Å². The minimum atomic E-state index is -4.05. The van der Waals surface area contributed by atoms with Crippen molar-refractivity contribution in [1.29, 1.82) is 0 Å². The Bertz CT molecular complexity index is 3710. The molecular weight excluding hydrogens is 1120 g/mol. The zero-order chi connectivity index (χ0) is 59.3. The summed E-state index contributed by atoms with van der Waals surface area (Å²) in [5.41, 5.74) is 1.25. The monoisotopic (exact) mass is 1190 g/mol. The van der Waals surface area contributed by atoms with Gasteiger partial charge in [-0.3, -0.25) is 28.8 Å². The SMILES string of the molecule is COc1ccnc2[nH]cc(C(=O)C(=O)N3CCN(S(=O)(=O)N(C)C)CC3)c12.COc1ccnc2[nH]cc(C(=O)C(=O)N3CCNCC3)c12.COc1ccnc2c1c(C(=O)C(=O)N1CCN(S(=O)(=O)N(C)C)CC1)cn2S(=O)(=O)N(C)C. The lowest BCUT2D eigenvalue weighted by atomic mass is 10.1. The number of methoxy groups -OCH3 is 3. The second-order valence-electron chi connectivity index (χ2n) is 18.7. The first kappa shape index (κ1) is 61.1. The number of hydrogen-bond donors (Lipinski definition) is 3. The van der Waals surface area contributed by atoms with Gasteiger partial charge in [-0.15, -0.1) is 0 Å². The Morgan fingerprint density at radius 3 is 1.19 bits per heavy atom. The van der Waals surface area contributed by atoms with Crippen LogP contribution in [0.25, 0.3) is 33.1 Å². The highest BCUT2D eigenvalue weighted by atomic mass is 32.2. The molecule has 0 bridgehead atoms. The van der Waals surface area contributed by atoms with E-state index in [1.807, 2.05) is 0 Å². The summed E-state index contributed by atoms with van der Waals surface area (Å²) in [5.74, 6) is -3.03. The zero-order valence-corrected chi connectivity index (χ0v) is 48.3. The van der Waals surface area contributed by atoms with Crippen molar-refractivity contribution in [3.63, 3.8) is 0 Å². The number of pyridine rings is 3. The van der Waals surface area contributed by atoms with Crippen molar-refractivity contribution in [2.75, 3.05) is 142 Å². The Labute approximate surface area is 467 Å². The zero-order valence-electron chi connectivity index (χ0n) is 45.9. The number of ether oxygens (including phenoxy) is 3. The number of aromatic nitrogens is 6. The molecule has 6 aromatic rings. The maximum Gasteiger partial charge on any atom is 0.308 e. The van der Waals surface area contributed by atoms with Crippen molar-refractivity contribution < 1.29 is 68.2 Å². The summed E-state index contributed by atoms with van der Waals surface area (Å²) in [6.45, 7) is 3.16. The third kappa shape index (κ3) is 12.4. The van der Waals surface area contributed by atoms with Crippen LogP contribution in [0.15, 0.2) is 55.4 Å². The molecule has 9 rings (SSSR count). The lowest BCUT2D eigenvalue weighted by Gasteiger charge is -2.34.